The summed E-state index contributed by atoms with van der Waals surface area (Å²) in [6.45, 7) is -0.826. The highest BCUT2D eigenvalue weighted by atomic mass is 32.2. The fourth-order valence-electron chi connectivity index (χ4n) is 1.99. The average molecular weight is 458 g/mol. The van der Waals surface area contributed by atoms with Gasteiger partial charge in [0.15, 0.2) is 10.1 Å². The molecule has 1 atom stereocenters. The summed E-state index contributed by atoms with van der Waals surface area (Å²) in [5.74, 6) is -11.1. The van der Waals surface area contributed by atoms with Crippen LogP contribution >= 0.6 is 0 Å². The van der Waals surface area contributed by atoms with Gasteiger partial charge in [0.05, 0.1) is 19.8 Å². The molecular weight excluding hydrogens is 444 g/mol. The highest BCUT2D eigenvalue weighted by Crippen LogP contribution is 2.38. The Morgan fingerprint density at radius 2 is 1.66 bits per heavy atom. The molecule has 1 aliphatic heterocycles. The van der Waals surface area contributed by atoms with Gasteiger partial charge in [0.1, 0.15) is 0 Å². The summed E-state index contributed by atoms with van der Waals surface area (Å²) in [6, 6.07) is 0. The summed E-state index contributed by atoms with van der Waals surface area (Å²) in [5, 5.41) is -5.06. The van der Waals surface area contributed by atoms with E-state index in [1.54, 1.807) is 0 Å². The first kappa shape index (κ1) is 25.1. The lowest BCUT2D eigenvalue weighted by molar-refractivity contribution is -0.352. The van der Waals surface area contributed by atoms with Crippen LogP contribution in [0.25, 0.3) is 0 Å². The number of ether oxygens (including phenoxy) is 3. The van der Waals surface area contributed by atoms with E-state index in [-0.39, 0.29) is 13.2 Å². The Bertz CT molecular complexity index is 749. The molecular formula is C13H14F6NO8S-. The molecule has 0 aromatic rings. The van der Waals surface area contributed by atoms with Crippen LogP contribution in [-0.2, 0) is 33.9 Å². The average Bonchev–Trinajstić information content (AvgIpc) is 2.58. The molecule has 0 aromatic carbocycles. The van der Waals surface area contributed by atoms with Gasteiger partial charge in [-0.3, -0.25) is 4.79 Å². The van der Waals surface area contributed by atoms with Crippen LogP contribution in [0.3, 0.4) is 0 Å². The lowest BCUT2D eigenvalue weighted by atomic mass is 10.2. The van der Waals surface area contributed by atoms with Gasteiger partial charge in [-0.05, 0) is 0 Å². The van der Waals surface area contributed by atoms with Crippen molar-refractivity contribution >= 4 is 22.0 Å². The largest absolute Gasteiger partial charge is 0.743 e. The van der Waals surface area contributed by atoms with Crippen molar-refractivity contribution in [1.82, 2.24) is 4.90 Å². The molecule has 0 spiro atoms. The molecule has 9 nitrogen and oxygen atoms in total. The maximum absolute atomic E-state index is 13.7. The molecule has 0 saturated carbocycles. The molecule has 0 bridgehead atoms. The second-order valence-electron chi connectivity index (χ2n) is 5.50. The molecule has 29 heavy (non-hydrogen) atoms. The molecule has 1 heterocycles. The number of hydrogen-bond acceptors (Lipinski definition) is 8. The van der Waals surface area contributed by atoms with Gasteiger partial charge >= 0.3 is 29.1 Å². The number of nitrogens with zero attached hydrogens (tertiary/aromatic N) is 1. The van der Waals surface area contributed by atoms with Gasteiger partial charge in [-0.1, -0.05) is 6.58 Å². The Labute approximate surface area is 159 Å². The number of halogens is 6. The van der Waals surface area contributed by atoms with Gasteiger partial charge in [0, 0.05) is 19.5 Å². The molecule has 168 valence electrons. The third kappa shape index (κ3) is 5.80. The highest BCUT2D eigenvalue weighted by Gasteiger charge is 2.68. The van der Waals surface area contributed by atoms with E-state index in [1.165, 1.54) is 0 Å². The van der Waals surface area contributed by atoms with Crippen molar-refractivity contribution in [2.24, 2.45) is 0 Å². The lowest BCUT2D eigenvalue weighted by Crippen LogP contribution is -2.63. The minimum atomic E-state index is -6.27. The second kappa shape index (κ2) is 8.85. The van der Waals surface area contributed by atoms with Crippen molar-refractivity contribution < 1.29 is 63.1 Å². The summed E-state index contributed by atoms with van der Waals surface area (Å²) >= 11 is 0. The molecule has 16 heteroatoms. The Morgan fingerprint density at radius 1 is 1.14 bits per heavy atom. The molecule has 0 aromatic heterocycles. The number of esters is 1. The summed E-state index contributed by atoms with van der Waals surface area (Å²) in [5.41, 5.74) is 0. The molecule has 1 amide bonds. The van der Waals surface area contributed by atoms with Gasteiger partial charge in [0.2, 0.25) is 5.83 Å². The van der Waals surface area contributed by atoms with E-state index in [0.29, 0.717) is 4.90 Å². The summed E-state index contributed by atoms with van der Waals surface area (Å²) in [7, 11) is -6.27. The number of alkyl halides is 5. The van der Waals surface area contributed by atoms with E-state index < -0.39 is 71.2 Å². The van der Waals surface area contributed by atoms with E-state index in [1.807, 2.05) is 0 Å². The van der Waals surface area contributed by atoms with Crippen LogP contribution in [0.15, 0.2) is 12.4 Å². The second-order valence-corrected chi connectivity index (χ2v) is 7.01. The standard InChI is InChI=1S/C13H15F6NO8S/c1-8(14)9(21)28-12(13(17,18)19,10(22)20-3-6-26-7-4-20)27-5-2-11(15,16)29(23,24)25/h1-7H2,(H,23,24,25)/p-1. The third-order valence-electron chi connectivity index (χ3n) is 3.48. The first-order valence-electron chi connectivity index (χ1n) is 7.54. The molecule has 0 N–H and O–H groups in total. The number of carbonyl (C=O) groups excluding carboxylic acids is 2. The van der Waals surface area contributed by atoms with Crippen LogP contribution in [0, 0.1) is 0 Å². The molecule has 0 aliphatic carbocycles. The van der Waals surface area contributed by atoms with E-state index in [9.17, 15) is 48.9 Å². The van der Waals surface area contributed by atoms with Crippen molar-refractivity contribution in [2.75, 3.05) is 32.9 Å². The molecule has 1 fully saturated rings. The van der Waals surface area contributed by atoms with E-state index in [0.717, 1.165) is 0 Å². The Morgan fingerprint density at radius 3 is 2.07 bits per heavy atom. The van der Waals surface area contributed by atoms with Crippen molar-refractivity contribution in [2.45, 2.75) is 23.6 Å². The normalized spacial score (nSPS) is 18.1. The maximum atomic E-state index is 13.7. The minimum Gasteiger partial charge on any atom is -0.743 e. The van der Waals surface area contributed by atoms with E-state index in [2.05, 4.69) is 16.1 Å². The zero-order valence-electron chi connectivity index (χ0n) is 14.3. The van der Waals surface area contributed by atoms with Gasteiger partial charge in [-0.25, -0.2) is 13.2 Å². The van der Waals surface area contributed by atoms with Crippen LogP contribution in [0.1, 0.15) is 6.42 Å². The molecule has 1 rings (SSSR count). The first-order valence-corrected chi connectivity index (χ1v) is 8.95. The summed E-state index contributed by atoms with van der Waals surface area (Å²) < 4.78 is 124. The predicted molar refractivity (Wildman–Crippen MR) is 77.7 cm³/mol. The summed E-state index contributed by atoms with van der Waals surface area (Å²) in [6.07, 6.45) is -8.03. The van der Waals surface area contributed by atoms with E-state index in [4.69, 9.17) is 4.74 Å². The highest BCUT2D eigenvalue weighted by molar-refractivity contribution is 7.86. The van der Waals surface area contributed by atoms with Gasteiger partial charge in [-0.2, -0.15) is 26.3 Å². The van der Waals surface area contributed by atoms with Crippen molar-refractivity contribution in [1.29, 1.82) is 0 Å². The van der Waals surface area contributed by atoms with Gasteiger partial charge in [0.25, 0.3) is 0 Å². The zero-order valence-corrected chi connectivity index (χ0v) is 15.2. The summed E-state index contributed by atoms with van der Waals surface area (Å²) in [4.78, 5) is 24.2. The van der Waals surface area contributed by atoms with Crippen LogP contribution in [0.4, 0.5) is 26.3 Å². The fraction of sp³-hybridized carbons (Fsp3) is 0.692. The Hall–Kier alpha value is -1.91. The van der Waals surface area contributed by atoms with Crippen molar-refractivity contribution in [3.8, 4) is 0 Å². The molecule has 1 saturated heterocycles. The van der Waals surface area contributed by atoms with Crippen LogP contribution in [0.2, 0.25) is 0 Å². The number of hydrogen-bond donors (Lipinski definition) is 0. The molecule has 1 aliphatic rings. The van der Waals surface area contributed by atoms with Gasteiger partial charge < -0.3 is 23.7 Å². The van der Waals surface area contributed by atoms with Crippen molar-refractivity contribution in [3.63, 3.8) is 0 Å². The monoisotopic (exact) mass is 458 g/mol. The minimum absolute atomic E-state index is 0.226. The number of rotatable bonds is 8. The van der Waals surface area contributed by atoms with Crippen LogP contribution in [0.5, 0.6) is 0 Å². The Kier molecular flexibility index (Phi) is 7.66. The smallest absolute Gasteiger partial charge is 0.466 e. The lowest BCUT2D eigenvalue weighted by Gasteiger charge is -2.38. The van der Waals surface area contributed by atoms with Gasteiger partial charge in [-0.15, -0.1) is 0 Å². The van der Waals surface area contributed by atoms with Crippen LogP contribution in [-0.4, -0.2) is 79.9 Å². The third-order valence-corrected chi connectivity index (χ3v) is 4.41. The van der Waals surface area contributed by atoms with Crippen LogP contribution < -0.4 is 0 Å². The number of amides is 1. The number of carbonyl (C=O) groups is 2. The fourth-order valence-corrected chi connectivity index (χ4v) is 2.33. The topological polar surface area (TPSA) is 122 Å². The quantitative estimate of drug-likeness (QED) is 0.171. The SMILES string of the molecule is C=C(F)C(=O)OC(OCCC(F)(F)S(=O)(=O)[O-])(C(=O)N1CCOCC1)C(F)(F)F. The van der Waals surface area contributed by atoms with E-state index >= 15 is 0 Å². The Balaban J connectivity index is 3.27. The molecule has 1 unspecified atom stereocenters. The number of morpholine rings is 1. The molecule has 0 radical (unpaired) electrons. The predicted octanol–water partition coefficient (Wildman–Crippen LogP) is 0.675. The first-order chi connectivity index (χ1) is 13.1. The maximum Gasteiger partial charge on any atom is 0.466 e. The van der Waals surface area contributed by atoms with Crippen molar-refractivity contribution in [3.05, 3.63) is 12.4 Å². The zero-order chi connectivity index (χ0) is 22.7.